The topological polar surface area (TPSA) is 87.7 Å². The van der Waals surface area contributed by atoms with Gasteiger partial charge in [-0.25, -0.2) is 13.1 Å². The Morgan fingerprint density at radius 2 is 2.10 bits per heavy atom. The van der Waals surface area contributed by atoms with E-state index in [0.29, 0.717) is 23.7 Å². The number of hydrogen-bond donors (Lipinski definition) is 3. The summed E-state index contributed by atoms with van der Waals surface area (Å²) in [5.74, 6) is 0.257. The first-order valence-corrected chi connectivity index (χ1v) is 8.16. The molecule has 8 heteroatoms. The minimum absolute atomic E-state index is 0.000981. The van der Waals surface area contributed by atoms with Crippen LogP contribution in [-0.2, 0) is 16.6 Å². The van der Waals surface area contributed by atoms with Crippen molar-refractivity contribution in [2.45, 2.75) is 13.5 Å². The molecule has 0 unspecified atom stereocenters. The molecule has 0 aromatic heterocycles. The fourth-order valence-corrected chi connectivity index (χ4v) is 2.87. The van der Waals surface area contributed by atoms with Gasteiger partial charge in [0, 0.05) is 36.3 Å². The molecule has 0 radical (unpaired) electrons. The highest BCUT2D eigenvalue weighted by molar-refractivity contribution is 7.89. The Labute approximate surface area is 124 Å². The first kappa shape index (κ1) is 17.0. The molecule has 1 aromatic rings. The Morgan fingerprint density at radius 1 is 1.40 bits per heavy atom. The second kappa shape index (κ2) is 7.68. The molecule has 0 spiro atoms. The molecule has 3 N–H and O–H groups in total. The molecule has 0 amide bonds. The smallest absolute Gasteiger partial charge is 0.212 e. The van der Waals surface area contributed by atoms with Crippen molar-refractivity contribution < 1.29 is 18.3 Å². The van der Waals surface area contributed by atoms with Crippen LogP contribution in [0.1, 0.15) is 12.5 Å². The average Bonchev–Trinajstić information content (AvgIpc) is 2.37. The first-order valence-electron chi connectivity index (χ1n) is 6.13. The molecule has 0 bridgehead atoms. The van der Waals surface area contributed by atoms with Crippen molar-refractivity contribution in [2.75, 3.05) is 26.0 Å². The van der Waals surface area contributed by atoms with Gasteiger partial charge < -0.3 is 15.2 Å². The van der Waals surface area contributed by atoms with Crippen LogP contribution in [0.25, 0.3) is 0 Å². The molecule has 114 valence electrons. The fraction of sp³-hybridized carbons (Fsp3) is 0.500. The maximum Gasteiger partial charge on any atom is 0.212 e. The monoisotopic (exact) mass is 322 g/mol. The van der Waals surface area contributed by atoms with Crippen molar-refractivity contribution in [1.82, 2.24) is 10.0 Å². The number of halogens is 1. The van der Waals surface area contributed by atoms with Crippen molar-refractivity contribution in [1.29, 1.82) is 0 Å². The third kappa shape index (κ3) is 5.16. The third-order valence-corrected chi connectivity index (χ3v) is 4.25. The van der Waals surface area contributed by atoms with Gasteiger partial charge in [-0.2, -0.15) is 0 Å². The van der Waals surface area contributed by atoms with Crippen LogP contribution in [0.15, 0.2) is 12.1 Å². The second-order valence-electron chi connectivity index (χ2n) is 4.11. The number of aromatic hydroxyl groups is 1. The first-order chi connectivity index (χ1) is 9.39. The van der Waals surface area contributed by atoms with Crippen LogP contribution in [0.2, 0.25) is 5.02 Å². The average molecular weight is 323 g/mol. The molecule has 0 heterocycles. The predicted octanol–water partition coefficient (Wildman–Crippen LogP) is 1.08. The number of rotatable bonds is 8. The molecule has 0 aliphatic carbocycles. The van der Waals surface area contributed by atoms with Crippen molar-refractivity contribution >= 4 is 21.6 Å². The number of methoxy groups -OCH3 is 1. The van der Waals surface area contributed by atoms with Crippen LogP contribution in [0.3, 0.4) is 0 Å². The predicted molar refractivity (Wildman–Crippen MR) is 78.8 cm³/mol. The molecule has 0 saturated carbocycles. The fourth-order valence-electron chi connectivity index (χ4n) is 1.64. The molecular weight excluding hydrogens is 304 g/mol. The summed E-state index contributed by atoms with van der Waals surface area (Å²) in [7, 11) is -1.81. The van der Waals surface area contributed by atoms with Gasteiger partial charge in [0.2, 0.25) is 10.0 Å². The van der Waals surface area contributed by atoms with E-state index in [4.69, 9.17) is 16.3 Å². The Morgan fingerprint density at radius 3 is 2.70 bits per heavy atom. The molecule has 20 heavy (non-hydrogen) atoms. The lowest BCUT2D eigenvalue weighted by atomic mass is 10.2. The van der Waals surface area contributed by atoms with Crippen LogP contribution in [0.5, 0.6) is 11.5 Å². The van der Waals surface area contributed by atoms with Gasteiger partial charge in [0.25, 0.3) is 0 Å². The second-order valence-corrected chi connectivity index (χ2v) is 6.47. The Bertz CT molecular complexity index is 549. The normalized spacial score (nSPS) is 11.6. The number of phenolic OH excluding ortho intramolecular Hbond substituents is 1. The largest absolute Gasteiger partial charge is 0.504 e. The Kier molecular flexibility index (Phi) is 6.54. The Hall–Kier alpha value is -1.02. The highest BCUT2D eigenvalue weighted by atomic mass is 35.5. The molecule has 0 aliphatic rings. The van der Waals surface area contributed by atoms with E-state index in [1.54, 1.807) is 13.0 Å². The van der Waals surface area contributed by atoms with Gasteiger partial charge in [0.1, 0.15) is 0 Å². The molecule has 1 rings (SSSR count). The SMILES string of the molecule is CCNS(=O)(=O)CCNCc1cc(Cl)cc(OC)c1O. The van der Waals surface area contributed by atoms with E-state index >= 15 is 0 Å². The lowest BCUT2D eigenvalue weighted by molar-refractivity contribution is 0.370. The zero-order valence-electron chi connectivity index (χ0n) is 11.4. The number of hydrogen-bond acceptors (Lipinski definition) is 5. The molecule has 0 aliphatic heterocycles. The lowest BCUT2D eigenvalue weighted by Gasteiger charge is -2.11. The molecular formula is C12H19ClN2O4S. The van der Waals surface area contributed by atoms with E-state index in [2.05, 4.69) is 10.0 Å². The minimum atomic E-state index is -3.24. The van der Waals surface area contributed by atoms with E-state index < -0.39 is 10.0 Å². The van der Waals surface area contributed by atoms with E-state index in [1.807, 2.05) is 0 Å². The summed E-state index contributed by atoms with van der Waals surface area (Å²) in [6.07, 6.45) is 0. The zero-order chi connectivity index (χ0) is 15.2. The summed E-state index contributed by atoms with van der Waals surface area (Å²) in [6.45, 7) is 2.66. The third-order valence-electron chi connectivity index (χ3n) is 2.57. The van der Waals surface area contributed by atoms with Crippen LogP contribution in [-0.4, -0.2) is 39.5 Å². The van der Waals surface area contributed by atoms with Crippen LogP contribution in [0, 0.1) is 0 Å². The van der Waals surface area contributed by atoms with Gasteiger partial charge in [-0.1, -0.05) is 18.5 Å². The van der Waals surface area contributed by atoms with E-state index in [9.17, 15) is 13.5 Å². The summed E-state index contributed by atoms with van der Waals surface area (Å²) in [5.41, 5.74) is 0.551. The maximum atomic E-state index is 11.4. The summed E-state index contributed by atoms with van der Waals surface area (Å²) < 4.78 is 30.2. The lowest BCUT2D eigenvalue weighted by Crippen LogP contribution is -2.31. The van der Waals surface area contributed by atoms with Crippen LogP contribution >= 0.6 is 11.6 Å². The molecule has 0 saturated heterocycles. The Balaban J connectivity index is 2.57. The summed E-state index contributed by atoms with van der Waals surface area (Å²) >= 11 is 5.90. The van der Waals surface area contributed by atoms with Gasteiger partial charge in [-0.05, 0) is 6.07 Å². The number of nitrogens with one attached hydrogen (secondary N) is 2. The molecule has 1 aromatic carbocycles. The summed E-state index contributed by atoms with van der Waals surface area (Å²) in [4.78, 5) is 0. The molecule has 6 nitrogen and oxygen atoms in total. The highest BCUT2D eigenvalue weighted by Gasteiger charge is 2.11. The van der Waals surface area contributed by atoms with E-state index in [-0.39, 0.29) is 23.8 Å². The van der Waals surface area contributed by atoms with Crippen LogP contribution in [0.4, 0.5) is 0 Å². The van der Waals surface area contributed by atoms with Gasteiger partial charge in [-0.3, -0.25) is 0 Å². The van der Waals surface area contributed by atoms with Gasteiger partial charge >= 0.3 is 0 Å². The number of benzene rings is 1. The van der Waals surface area contributed by atoms with Gasteiger partial charge in [0.05, 0.1) is 12.9 Å². The van der Waals surface area contributed by atoms with Gasteiger partial charge in [-0.15, -0.1) is 0 Å². The van der Waals surface area contributed by atoms with E-state index in [0.717, 1.165) is 0 Å². The van der Waals surface area contributed by atoms with Crippen molar-refractivity contribution in [3.63, 3.8) is 0 Å². The number of sulfonamides is 1. The van der Waals surface area contributed by atoms with E-state index in [1.165, 1.54) is 13.2 Å². The van der Waals surface area contributed by atoms with Crippen molar-refractivity contribution in [3.05, 3.63) is 22.7 Å². The summed E-state index contributed by atoms with van der Waals surface area (Å²) in [5, 5.41) is 13.3. The molecule has 0 fully saturated rings. The summed E-state index contributed by atoms with van der Waals surface area (Å²) in [6, 6.07) is 3.11. The maximum absolute atomic E-state index is 11.4. The number of ether oxygens (including phenoxy) is 1. The van der Waals surface area contributed by atoms with Crippen molar-refractivity contribution in [2.24, 2.45) is 0 Å². The zero-order valence-corrected chi connectivity index (χ0v) is 13.0. The highest BCUT2D eigenvalue weighted by Crippen LogP contribution is 2.33. The van der Waals surface area contributed by atoms with Gasteiger partial charge in [0.15, 0.2) is 11.5 Å². The quantitative estimate of drug-likeness (QED) is 0.623. The molecule has 0 atom stereocenters. The minimum Gasteiger partial charge on any atom is -0.504 e. The van der Waals surface area contributed by atoms with Crippen LogP contribution < -0.4 is 14.8 Å². The standard InChI is InChI=1S/C12H19ClN2O4S/c1-3-15-20(17,18)5-4-14-8-9-6-10(13)7-11(19-2)12(9)16/h6-7,14-16H,3-5,8H2,1-2H3. The van der Waals surface area contributed by atoms with Crippen molar-refractivity contribution in [3.8, 4) is 11.5 Å². The number of phenols is 1.